The third-order valence-electron chi connectivity index (χ3n) is 1.90. The largest absolute Gasteiger partial charge is 0.491 e. The van der Waals surface area contributed by atoms with Gasteiger partial charge in [-0.15, -0.1) is 0 Å². The molecule has 17 heavy (non-hydrogen) atoms. The number of esters is 1. The summed E-state index contributed by atoms with van der Waals surface area (Å²) in [5, 5.41) is 0. The molecular formula is C12H13FO4. The van der Waals surface area contributed by atoms with Crippen LogP contribution in [0.2, 0.25) is 0 Å². The van der Waals surface area contributed by atoms with E-state index in [2.05, 4.69) is 4.74 Å². The minimum absolute atomic E-state index is 0.0863. The van der Waals surface area contributed by atoms with Crippen LogP contribution in [0.3, 0.4) is 0 Å². The van der Waals surface area contributed by atoms with Gasteiger partial charge in [0.05, 0.1) is 6.61 Å². The van der Waals surface area contributed by atoms with Gasteiger partial charge >= 0.3 is 5.97 Å². The fourth-order valence-electron chi connectivity index (χ4n) is 1.20. The van der Waals surface area contributed by atoms with Gasteiger partial charge in [0.15, 0.2) is 0 Å². The summed E-state index contributed by atoms with van der Waals surface area (Å²) in [6.07, 6.45) is 0. The van der Waals surface area contributed by atoms with Gasteiger partial charge in [0.25, 0.3) is 5.78 Å². The van der Waals surface area contributed by atoms with Crippen LogP contribution in [0.15, 0.2) is 24.3 Å². The molecule has 0 saturated carbocycles. The van der Waals surface area contributed by atoms with Crippen molar-refractivity contribution in [3.05, 3.63) is 29.8 Å². The van der Waals surface area contributed by atoms with Gasteiger partial charge in [0.2, 0.25) is 0 Å². The summed E-state index contributed by atoms with van der Waals surface area (Å²) < 4.78 is 21.5. The normalized spacial score (nSPS) is 9.76. The lowest BCUT2D eigenvalue weighted by atomic mass is 10.1. The van der Waals surface area contributed by atoms with Gasteiger partial charge in [-0.05, 0) is 19.1 Å². The molecule has 0 aliphatic heterocycles. The number of carbonyl (C=O) groups is 2. The van der Waals surface area contributed by atoms with Crippen LogP contribution < -0.4 is 4.74 Å². The Bertz CT molecular complexity index is 403. The van der Waals surface area contributed by atoms with Gasteiger partial charge in [-0.1, -0.05) is 12.1 Å². The van der Waals surface area contributed by atoms with Gasteiger partial charge in [-0.2, -0.15) is 0 Å². The average Bonchev–Trinajstić information content (AvgIpc) is 2.36. The third-order valence-corrected chi connectivity index (χ3v) is 1.90. The fraction of sp³-hybridized carbons (Fsp3) is 0.333. The monoisotopic (exact) mass is 240 g/mol. The molecule has 0 aliphatic carbocycles. The maximum Gasteiger partial charge on any atom is 0.379 e. The predicted molar refractivity (Wildman–Crippen MR) is 58.9 cm³/mol. The topological polar surface area (TPSA) is 52.6 Å². The van der Waals surface area contributed by atoms with E-state index < -0.39 is 18.4 Å². The highest BCUT2D eigenvalue weighted by atomic mass is 19.1. The first-order chi connectivity index (χ1) is 8.19. The van der Waals surface area contributed by atoms with Crippen molar-refractivity contribution in [1.82, 2.24) is 0 Å². The highest BCUT2D eigenvalue weighted by Crippen LogP contribution is 2.14. The minimum Gasteiger partial charge on any atom is -0.491 e. The first-order valence-electron chi connectivity index (χ1n) is 5.19. The van der Waals surface area contributed by atoms with Crippen LogP contribution in [-0.4, -0.2) is 31.6 Å². The summed E-state index contributed by atoms with van der Waals surface area (Å²) in [5.41, 5.74) is 0.166. The zero-order valence-electron chi connectivity index (χ0n) is 9.44. The lowest BCUT2D eigenvalue weighted by Gasteiger charge is -2.05. The van der Waals surface area contributed by atoms with Crippen LogP contribution in [-0.2, 0) is 9.53 Å². The van der Waals surface area contributed by atoms with Crippen LogP contribution in [0.1, 0.15) is 17.3 Å². The van der Waals surface area contributed by atoms with Crippen LogP contribution in [0.4, 0.5) is 4.39 Å². The number of rotatable bonds is 6. The molecule has 0 unspecified atom stereocenters. The van der Waals surface area contributed by atoms with Gasteiger partial charge < -0.3 is 9.47 Å². The smallest absolute Gasteiger partial charge is 0.379 e. The molecule has 5 heteroatoms. The van der Waals surface area contributed by atoms with Crippen molar-refractivity contribution >= 4 is 11.8 Å². The Morgan fingerprint density at radius 2 is 2.12 bits per heavy atom. The summed E-state index contributed by atoms with van der Waals surface area (Å²) in [4.78, 5) is 22.8. The minimum atomic E-state index is -0.907. The van der Waals surface area contributed by atoms with E-state index in [4.69, 9.17) is 4.74 Å². The van der Waals surface area contributed by atoms with Crippen molar-refractivity contribution in [1.29, 1.82) is 0 Å². The number of hydrogen-bond acceptors (Lipinski definition) is 4. The number of benzene rings is 1. The molecule has 0 aromatic heterocycles. The molecule has 0 N–H and O–H groups in total. The van der Waals surface area contributed by atoms with Crippen molar-refractivity contribution in [2.24, 2.45) is 0 Å². The van der Waals surface area contributed by atoms with Crippen molar-refractivity contribution in [3.63, 3.8) is 0 Å². The number of ketones is 1. The van der Waals surface area contributed by atoms with Crippen LogP contribution >= 0.6 is 0 Å². The Morgan fingerprint density at radius 3 is 2.76 bits per heavy atom. The molecule has 0 atom stereocenters. The molecule has 0 fully saturated rings. The first-order valence-corrected chi connectivity index (χ1v) is 5.19. The van der Waals surface area contributed by atoms with Crippen LogP contribution in [0, 0.1) is 0 Å². The van der Waals surface area contributed by atoms with E-state index in [0.29, 0.717) is 5.75 Å². The molecule has 0 aliphatic rings. The Morgan fingerprint density at radius 1 is 1.35 bits per heavy atom. The van der Waals surface area contributed by atoms with E-state index >= 15 is 0 Å². The van der Waals surface area contributed by atoms with Crippen LogP contribution in [0.5, 0.6) is 5.75 Å². The molecule has 4 nitrogen and oxygen atoms in total. The molecule has 1 aromatic rings. The van der Waals surface area contributed by atoms with Crippen molar-refractivity contribution < 1.29 is 23.5 Å². The van der Waals surface area contributed by atoms with E-state index in [9.17, 15) is 14.0 Å². The summed E-state index contributed by atoms with van der Waals surface area (Å²) in [6, 6.07) is 5.99. The Balaban J connectivity index is 2.76. The highest BCUT2D eigenvalue weighted by molar-refractivity contribution is 6.40. The molecule has 1 aromatic carbocycles. The van der Waals surface area contributed by atoms with E-state index in [0.717, 1.165) is 0 Å². The molecule has 0 saturated heterocycles. The zero-order chi connectivity index (χ0) is 12.7. The predicted octanol–water partition coefficient (Wildman–Crippen LogP) is 1.78. The van der Waals surface area contributed by atoms with Crippen molar-refractivity contribution in [3.8, 4) is 5.75 Å². The van der Waals surface area contributed by atoms with Crippen molar-refractivity contribution in [2.45, 2.75) is 6.92 Å². The number of halogens is 1. The Hall–Kier alpha value is -1.91. The van der Waals surface area contributed by atoms with Crippen LogP contribution in [0.25, 0.3) is 0 Å². The number of alkyl halides is 1. The molecule has 0 amide bonds. The fourth-order valence-corrected chi connectivity index (χ4v) is 1.20. The molecule has 1 rings (SSSR count). The molecule has 0 radical (unpaired) electrons. The summed E-state index contributed by atoms with van der Waals surface area (Å²) >= 11 is 0. The second-order valence-electron chi connectivity index (χ2n) is 3.11. The maximum atomic E-state index is 11.9. The quantitative estimate of drug-likeness (QED) is 0.432. The Labute approximate surface area is 98.3 Å². The second-order valence-corrected chi connectivity index (χ2v) is 3.11. The third kappa shape index (κ3) is 3.86. The lowest BCUT2D eigenvalue weighted by Crippen LogP contribution is -2.17. The molecule has 0 spiro atoms. The van der Waals surface area contributed by atoms with Gasteiger partial charge in [-0.3, -0.25) is 4.79 Å². The van der Waals surface area contributed by atoms with Gasteiger partial charge in [-0.25, -0.2) is 9.18 Å². The van der Waals surface area contributed by atoms with Gasteiger partial charge in [0.1, 0.15) is 19.0 Å². The first kappa shape index (κ1) is 13.2. The summed E-state index contributed by atoms with van der Waals surface area (Å²) in [5.74, 6) is -1.30. The maximum absolute atomic E-state index is 11.9. The molecule has 0 heterocycles. The number of hydrogen-bond donors (Lipinski definition) is 0. The lowest BCUT2D eigenvalue weighted by molar-refractivity contribution is -0.137. The summed E-state index contributed by atoms with van der Waals surface area (Å²) in [6.45, 7) is 1.06. The molecular weight excluding hydrogens is 227 g/mol. The number of ether oxygens (including phenoxy) is 2. The average molecular weight is 240 g/mol. The second kappa shape index (κ2) is 6.62. The standard InChI is InChI=1S/C12H13FO4/c1-2-16-12(15)11(14)9-4-3-5-10(8-9)17-7-6-13/h3-5,8H,2,6-7H2,1H3. The zero-order valence-corrected chi connectivity index (χ0v) is 9.44. The SMILES string of the molecule is CCOC(=O)C(=O)c1cccc(OCCF)c1. The summed E-state index contributed by atoms with van der Waals surface area (Å²) in [7, 11) is 0. The van der Waals surface area contributed by atoms with Crippen molar-refractivity contribution in [2.75, 3.05) is 19.9 Å². The van der Waals surface area contributed by atoms with Gasteiger partial charge in [0, 0.05) is 5.56 Å². The molecule has 92 valence electrons. The van der Waals surface area contributed by atoms with E-state index in [-0.39, 0.29) is 18.8 Å². The van der Waals surface area contributed by atoms with E-state index in [1.165, 1.54) is 12.1 Å². The Kier molecular flexibility index (Phi) is 5.13. The number of carbonyl (C=O) groups excluding carboxylic acids is 2. The van der Waals surface area contributed by atoms with E-state index in [1.807, 2.05) is 0 Å². The molecule has 0 bridgehead atoms. The highest BCUT2D eigenvalue weighted by Gasteiger charge is 2.17. The number of Topliss-reactive ketones (excluding diaryl/α,β-unsaturated/α-hetero) is 1. The van der Waals surface area contributed by atoms with E-state index in [1.54, 1.807) is 19.1 Å².